The monoisotopic (exact) mass is 286 g/mol. The standard InChI is InChI=1S/C14H11FN4O2/c1-21-8-14(20)19-12-3-2-11(18-13(12)5-16)9-4-10(15)7-17-6-9/h2-4,6-7H,8H2,1H3,(H,19,20). The number of ether oxygens (including phenoxy) is 1. The van der Waals surface area contributed by atoms with E-state index in [1.165, 1.54) is 25.4 Å². The lowest BCUT2D eigenvalue weighted by atomic mass is 10.1. The summed E-state index contributed by atoms with van der Waals surface area (Å²) >= 11 is 0. The molecule has 0 radical (unpaired) electrons. The highest BCUT2D eigenvalue weighted by atomic mass is 19.1. The van der Waals surface area contributed by atoms with Crippen LogP contribution in [0.4, 0.5) is 10.1 Å². The Labute approximate surface area is 120 Å². The van der Waals surface area contributed by atoms with Crippen LogP contribution in [0.3, 0.4) is 0 Å². The van der Waals surface area contributed by atoms with Crippen LogP contribution in [-0.2, 0) is 9.53 Å². The first-order valence-corrected chi connectivity index (χ1v) is 5.95. The molecule has 0 aliphatic rings. The molecule has 2 heterocycles. The van der Waals surface area contributed by atoms with Gasteiger partial charge in [-0.3, -0.25) is 9.78 Å². The molecule has 0 atom stereocenters. The fourth-order valence-electron chi connectivity index (χ4n) is 1.68. The number of carbonyl (C=O) groups is 1. The van der Waals surface area contributed by atoms with Crippen molar-refractivity contribution in [1.82, 2.24) is 9.97 Å². The summed E-state index contributed by atoms with van der Waals surface area (Å²) in [6.07, 6.45) is 2.52. The molecule has 6 nitrogen and oxygen atoms in total. The Kier molecular flexibility index (Phi) is 4.53. The summed E-state index contributed by atoms with van der Waals surface area (Å²) in [6.45, 7) is -0.125. The lowest BCUT2D eigenvalue weighted by Gasteiger charge is -2.08. The maximum atomic E-state index is 13.1. The van der Waals surface area contributed by atoms with Crippen molar-refractivity contribution in [3.05, 3.63) is 42.1 Å². The first kappa shape index (κ1) is 14.6. The Morgan fingerprint density at radius 1 is 1.48 bits per heavy atom. The predicted molar refractivity (Wildman–Crippen MR) is 72.6 cm³/mol. The van der Waals surface area contributed by atoms with E-state index in [-0.39, 0.29) is 18.0 Å². The van der Waals surface area contributed by atoms with Gasteiger partial charge in [-0.15, -0.1) is 0 Å². The van der Waals surface area contributed by atoms with E-state index in [1.807, 2.05) is 6.07 Å². The second kappa shape index (κ2) is 6.54. The van der Waals surface area contributed by atoms with Crippen LogP contribution in [0.15, 0.2) is 30.6 Å². The summed E-state index contributed by atoms with van der Waals surface area (Å²) in [4.78, 5) is 19.3. The number of nitrogens with one attached hydrogen (secondary N) is 1. The van der Waals surface area contributed by atoms with Crippen LogP contribution in [0, 0.1) is 17.1 Å². The third-order valence-electron chi connectivity index (χ3n) is 2.55. The summed E-state index contributed by atoms with van der Waals surface area (Å²) in [7, 11) is 1.39. The molecule has 2 aromatic heterocycles. The Hall–Kier alpha value is -2.85. The first-order chi connectivity index (χ1) is 10.1. The first-order valence-electron chi connectivity index (χ1n) is 5.95. The van der Waals surface area contributed by atoms with Crippen LogP contribution < -0.4 is 5.32 Å². The SMILES string of the molecule is COCC(=O)Nc1ccc(-c2cncc(F)c2)nc1C#N. The molecule has 1 N–H and O–H groups in total. The van der Waals surface area contributed by atoms with Crippen LogP contribution in [0.25, 0.3) is 11.3 Å². The lowest BCUT2D eigenvalue weighted by molar-refractivity contribution is -0.119. The van der Waals surface area contributed by atoms with Crippen LogP contribution in [-0.4, -0.2) is 29.6 Å². The van der Waals surface area contributed by atoms with Crippen molar-refractivity contribution >= 4 is 11.6 Å². The number of amides is 1. The number of pyridine rings is 2. The molecule has 0 bridgehead atoms. The van der Waals surface area contributed by atoms with Gasteiger partial charge in [0, 0.05) is 18.9 Å². The maximum Gasteiger partial charge on any atom is 0.250 e. The highest BCUT2D eigenvalue weighted by Crippen LogP contribution is 2.21. The van der Waals surface area contributed by atoms with Gasteiger partial charge in [-0.25, -0.2) is 9.37 Å². The van der Waals surface area contributed by atoms with Crippen LogP contribution in [0.5, 0.6) is 0 Å². The van der Waals surface area contributed by atoms with Gasteiger partial charge in [-0.2, -0.15) is 5.26 Å². The van der Waals surface area contributed by atoms with Crippen LogP contribution >= 0.6 is 0 Å². The Morgan fingerprint density at radius 3 is 2.95 bits per heavy atom. The fraction of sp³-hybridized carbons (Fsp3) is 0.143. The predicted octanol–water partition coefficient (Wildman–Crippen LogP) is 1.74. The maximum absolute atomic E-state index is 13.1. The lowest BCUT2D eigenvalue weighted by Crippen LogP contribution is -2.18. The summed E-state index contributed by atoms with van der Waals surface area (Å²) in [5.74, 6) is -0.888. The largest absolute Gasteiger partial charge is 0.375 e. The van der Waals surface area contributed by atoms with E-state index in [2.05, 4.69) is 15.3 Å². The quantitative estimate of drug-likeness (QED) is 0.924. The molecule has 0 unspecified atom stereocenters. The van der Waals surface area contributed by atoms with Gasteiger partial charge in [-0.05, 0) is 18.2 Å². The normalized spacial score (nSPS) is 9.95. The third kappa shape index (κ3) is 3.58. The van der Waals surface area contributed by atoms with E-state index in [0.29, 0.717) is 11.3 Å². The third-order valence-corrected chi connectivity index (χ3v) is 2.55. The zero-order valence-electron chi connectivity index (χ0n) is 11.1. The second-order valence-corrected chi connectivity index (χ2v) is 4.08. The summed E-state index contributed by atoms with van der Waals surface area (Å²) in [5, 5.41) is 11.6. The van der Waals surface area contributed by atoms with Crippen molar-refractivity contribution in [3.63, 3.8) is 0 Å². The van der Waals surface area contributed by atoms with Crippen LogP contribution in [0.1, 0.15) is 5.69 Å². The van der Waals surface area contributed by atoms with E-state index in [4.69, 9.17) is 10.00 Å². The summed E-state index contributed by atoms with van der Waals surface area (Å²) in [6, 6.07) is 6.25. The number of nitrogens with zero attached hydrogens (tertiary/aromatic N) is 3. The molecule has 0 aliphatic heterocycles. The van der Waals surface area contributed by atoms with Crippen molar-refractivity contribution in [2.75, 3.05) is 19.0 Å². The van der Waals surface area contributed by atoms with Crippen molar-refractivity contribution in [2.45, 2.75) is 0 Å². The van der Waals surface area contributed by atoms with Gasteiger partial charge < -0.3 is 10.1 Å². The fourth-order valence-corrected chi connectivity index (χ4v) is 1.68. The average molecular weight is 286 g/mol. The molecule has 0 saturated carbocycles. The van der Waals surface area contributed by atoms with Gasteiger partial charge in [0.2, 0.25) is 5.91 Å². The molecule has 21 heavy (non-hydrogen) atoms. The topological polar surface area (TPSA) is 87.9 Å². The minimum atomic E-state index is -0.495. The van der Waals surface area contributed by atoms with Crippen molar-refractivity contribution < 1.29 is 13.9 Å². The number of methoxy groups -OCH3 is 1. The minimum Gasteiger partial charge on any atom is -0.375 e. The number of aromatic nitrogens is 2. The molecular formula is C14H11FN4O2. The van der Waals surface area contributed by atoms with E-state index >= 15 is 0 Å². The van der Waals surface area contributed by atoms with Gasteiger partial charge in [0.1, 0.15) is 18.5 Å². The van der Waals surface area contributed by atoms with Gasteiger partial charge in [0.05, 0.1) is 17.6 Å². The van der Waals surface area contributed by atoms with E-state index in [0.717, 1.165) is 6.20 Å². The molecule has 2 rings (SSSR count). The average Bonchev–Trinajstić information content (AvgIpc) is 2.48. The second-order valence-electron chi connectivity index (χ2n) is 4.08. The highest BCUT2D eigenvalue weighted by molar-refractivity contribution is 5.92. The Balaban J connectivity index is 2.33. The molecule has 106 valence electrons. The van der Waals surface area contributed by atoms with Gasteiger partial charge >= 0.3 is 0 Å². The number of anilines is 1. The van der Waals surface area contributed by atoms with Gasteiger partial charge in [-0.1, -0.05) is 0 Å². The molecule has 1 amide bonds. The number of hydrogen-bond donors (Lipinski definition) is 1. The molecule has 0 spiro atoms. The summed E-state index contributed by atoms with van der Waals surface area (Å²) in [5.41, 5.74) is 1.14. The molecule has 2 aromatic rings. The number of hydrogen-bond acceptors (Lipinski definition) is 5. The number of nitriles is 1. The summed E-state index contributed by atoms with van der Waals surface area (Å²) < 4.78 is 17.8. The molecular weight excluding hydrogens is 275 g/mol. The molecule has 0 aliphatic carbocycles. The molecule has 0 fully saturated rings. The van der Waals surface area contributed by atoms with Crippen molar-refractivity contribution in [1.29, 1.82) is 5.26 Å². The number of carbonyl (C=O) groups excluding carboxylic acids is 1. The van der Waals surface area contributed by atoms with E-state index in [1.54, 1.807) is 6.07 Å². The smallest absolute Gasteiger partial charge is 0.250 e. The van der Waals surface area contributed by atoms with Gasteiger partial charge in [0.25, 0.3) is 0 Å². The van der Waals surface area contributed by atoms with E-state index < -0.39 is 11.7 Å². The molecule has 0 aromatic carbocycles. The van der Waals surface area contributed by atoms with Crippen molar-refractivity contribution in [3.8, 4) is 17.3 Å². The van der Waals surface area contributed by atoms with E-state index in [9.17, 15) is 9.18 Å². The van der Waals surface area contributed by atoms with Crippen molar-refractivity contribution in [2.24, 2.45) is 0 Å². The highest BCUT2D eigenvalue weighted by Gasteiger charge is 2.10. The Bertz CT molecular complexity index is 712. The zero-order chi connectivity index (χ0) is 15.2. The molecule has 7 heteroatoms. The van der Waals surface area contributed by atoms with Crippen LogP contribution in [0.2, 0.25) is 0 Å². The van der Waals surface area contributed by atoms with Gasteiger partial charge in [0.15, 0.2) is 5.69 Å². The number of halogens is 1. The number of rotatable bonds is 4. The molecule has 0 saturated heterocycles. The minimum absolute atomic E-state index is 0.0289. The Morgan fingerprint density at radius 2 is 2.29 bits per heavy atom. The zero-order valence-corrected chi connectivity index (χ0v) is 11.1.